The van der Waals surface area contributed by atoms with E-state index in [2.05, 4.69) is 5.10 Å². The highest BCUT2D eigenvalue weighted by molar-refractivity contribution is 7.99. The fourth-order valence-corrected chi connectivity index (χ4v) is 2.50. The Hall–Kier alpha value is -1.49. The van der Waals surface area contributed by atoms with E-state index in [-0.39, 0.29) is 5.82 Å². The molecule has 3 nitrogen and oxygen atoms in total. The van der Waals surface area contributed by atoms with E-state index in [9.17, 15) is 4.39 Å². The Bertz CT molecular complexity index is 510. The van der Waals surface area contributed by atoms with Gasteiger partial charge in [0.05, 0.1) is 6.20 Å². The summed E-state index contributed by atoms with van der Waals surface area (Å²) in [7, 11) is 1.89. The molecule has 1 aromatic heterocycles. The third-order valence-electron chi connectivity index (χ3n) is 2.38. The molecule has 17 heavy (non-hydrogen) atoms. The molecule has 0 atom stereocenters. The maximum atomic E-state index is 13.0. The molecular formula is C12H14FN3S. The Morgan fingerprint density at radius 1 is 1.47 bits per heavy atom. The second-order valence-corrected chi connectivity index (χ2v) is 4.94. The first-order valence-electron chi connectivity index (χ1n) is 5.30. The van der Waals surface area contributed by atoms with Crippen molar-refractivity contribution in [2.24, 2.45) is 7.05 Å². The number of hydrogen-bond donors (Lipinski definition) is 1. The lowest BCUT2D eigenvalue weighted by atomic mass is 10.3. The Morgan fingerprint density at radius 2 is 2.29 bits per heavy atom. The van der Waals surface area contributed by atoms with Gasteiger partial charge in [0.1, 0.15) is 5.82 Å². The highest BCUT2D eigenvalue weighted by Gasteiger charge is 2.03. The van der Waals surface area contributed by atoms with Crippen molar-refractivity contribution in [1.29, 1.82) is 0 Å². The summed E-state index contributed by atoms with van der Waals surface area (Å²) in [6, 6.07) is 4.45. The van der Waals surface area contributed by atoms with Crippen molar-refractivity contribution in [3.8, 4) is 0 Å². The second kappa shape index (κ2) is 5.23. The molecule has 1 aromatic carbocycles. The van der Waals surface area contributed by atoms with Crippen LogP contribution in [0.3, 0.4) is 0 Å². The number of nitrogens with zero attached hydrogens (tertiary/aromatic N) is 2. The zero-order chi connectivity index (χ0) is 12.3. The summed E-state index contributed by atoms with van der Waals surface area (Å²) in [5.41, 5.74) is 7.57. The number of rotatable bonds is 4. The van der Waals surface area contributed by atoms with Gasteiger partial charge in [-0.3, -0.25) is 4.68 Å². The predicted molar refractivity (Wildman–Crippen MR) is 68.4 cm³/mol. The first kappa shape index (κ1) is 12.0. The fraction of sp³-hybridized carbons (Fsp3) is 0.250. The molecule has 2 N–H and O–H groups in total. The summed E-state index contributed by atoms with van der Waals surface area (Å²) in [6.45, 7) is 0. The fourth-order valence-electron chi connectivity index (χ4n) is 1.51. The summed E-state index contributed by atoms with van der Waals surface area (Å²) in [5, 5.41) is 4.10. The number of nitrogens with two attached hydrogens (primary N) is 1. The van der Waals surface area contributed by atoms with Crippen LogP contribution in [-0.4, -0.2) is 15.5 Å². The van der Waals surface area contributed by atoms with Gasteiger partial charge in [0, 0.05) is 29.6 Å². The van der Waals surface area contributed by atoms with Crippen molar-refractivity contribution < 1.29 is 4.39 Å². The lowest BCUT2D eigenvalue weighted by molar-refractivity contribution is 0.624. The first-order chi connectivity index (χ1) is 8.15. The summed E-state index contributed by atoms with van der Waals surface area (Å²) in [6.07, 6.45) is 4.72. The van der Waals surface area contributed by atoms with E-state index < -0.39 is 0 Å². The maximum absolute atomic E-state index is 13.0. The van der Waals surface area contributed by atoms with Gasteiger partial charge in [-0.05, 0) is 30.2 Å². The first-order valence-corrected chi connectivity index (χ1v) is 6.29. The van der Waals surface area contributed by atoms with Gasteiger partial charge >= 0.3 is 0 Å². The van der Waals surface area contributed by atoms with Gasteiger partial charge in [-0.25, -0.2) is 4.39 Å². The molecule has 0 bridgehead atoms. The number of benzene rings is 1. The molecule has 0 saturated heterocycles. The van der Waals surface area contributed by atoms with Crippen LogP contribution < -0.4 is 5.73 Å². The third-order valence-corrected chi connectivity index (χ3v) is 3.46. The van der Waals surface area contributed by atoms with Gasteiger partial charge in [-0.1, -0.05) is 0 Å². The quantitative estimate of drug-likeness (QED) is 0.670. The average Bonchev–Trinajstić information content (AvgIpc) is 2.69. The molecule has 5 heteroatoms. The predicted octanol–water partition coefficient (Wildman–Crippen LogP) is 2.48. The minimum absolute atomic E-state index is 0.247. The van der Waals surface area contributed by atoms with Crippen molar-refractivity contribution in [3.05, 3.63) is 42.0 Å². The number of aryl methyl sites for hydroxylation is 2. The summed E-state index contributed by atoms with van der Waals surface area (Å²) in [4.78, 5) is 0.800. The highest BCUT2D eigenvalue weighted by atomic mass is 32.2. The van der Waals surface area contributed by atoms with Crippen LogP contribution in [0, 0.1) is 5.82 Å². The lowest BCUT2D eigenvalue weighted by Crippen LogP contribution is -1.92. The van der Waals surface area contributed by atoms with E-state index in [1.54, 1.807) is 22.5 Å². The SMILES string of the molecule is Cn1cc(CCSc2cc(F)ccc2N)cn1. The molecule has 2 rings (SSSR count). The molecule has 0 fully saturated rings. The lowest BCUT2D eigenvalue weighted by Gasteiger charge is -2.04. The van der Waals surface area contributed by atoms with Crippen LogP contribution in [0.1, 0.15) is 5.56 Å². The molecule has 0 aliphatic heterocycles. The molecule has 90 valence electrons. The monoisotopic (exact) mass is 251 g/mol. The van der Waals surface area contributed by atoms with Gasteiger partial charge < -0.3 is 5.73 Å². The standard InChI is InChI=1S/C12H14FN3S/c1-16-8-9(7-15-16)4-5-17-12-6-10(13)2-3-11(12)14/h2-3,6-8H,4-5,14H2,1H3. The van der Waals surface area contributed by atoms with E-state index in [1.807, 2.05) is 19.4 Å². The summed E-state index contributed by atoms with van der Waals surface area (Å²) < 4.78 is 14.8. The van der Waals surface area contributed by atoms with Gasteiger partial charge in [0.15, 0.2) is 0 Å². The molecule has 0 aliphatic carbocycles. The maximum Gasteiger partial charge on any atom is 0.124 e. The van der Waals surface area contributed by atoms with Gasteiger partial charge in [0.25, 0.3) is 0 Å². The molecule has 2 aromatic rings. The summed E-state index contributed by atoms with van der Waals surface area (Å²) in [5.74, 6) is 0.613. The summed E-state index contributed by atoms with van der Waals surface area (Å²) >= 11 is 1.56. The molecule has 0 unspecified atom stereocenters. The topological polar surface area (TPSA) is 43.8 Å². The normalized spacial score (nSPS) is 10.7. The molecule has 0 aliphatic rings. The van der Waals surface area contributed by atoms with E-state index in [1.165, 1.54) is 17.7 Å². The molecule has 0 saturated carbocycles. The third kappa shape index (κ3) is 3.23. The van der Waals surface area contributed by atoms with Gasteiger partial charge in [-0.15, -0.1) is 11.8 Å². The van der Waals surface area contributed by atoms with E-state index >= 15 is 0 Å². The van der Waals surface area contributed by atoms with Crippen molar-refractivity contribution >= 4 is 17.4 Å². The number of nitrogen functional groups attached to an aromatic ring is 1. The van der Waals surface area contributed by atoms with E-state index in [4.69, 9.17) is 5.73 Å². The highest BCUT2D eigenvalue weighted by Crippen LogP contribution is 2.26. The molecular weight excluding hydrogens is 237 g/mol. The van der Waals surface area contributed by atoms with Crippen molar-refractivity contribution in [2.75, 3.05) is 11.5 Å². The van der Waals surface area contributed by atoms with Crippen molar-refractivity contribution in [2.45, 2.75) is 11.3 Å². The molecule has 0 amide bonds. The van der Waals surface area contributed by atoms with E-state index in [0.717, 1.165) is 17.1 Å². The Balaban J connectivity index is 1.91. The van der Waals surface area contributed by atoms with Crippen LogP contribution in [0.4, 0.5) is 10.1 Å². The number of anilines is 1. The zero-order valence-electron chi connectivity index (χ0n) is 9.56. The smallest absolute Gasteiger partial charge is 0.124 e. The molecule has 0 radical (unpaired) electrons. The van der Waals surface area contributed by atoms with Crippen LogP contribution in [0.25, 0.3) is 0 Å². The largest absolute Gasteiger partial charge is 0.398 e. The number of hydrogen-bond acceptors (Lipinski definition) is 3. The number of halogens is 1. The van der Waals surface area contributed by atoms with Crippen LogP contribution in [0.5, 0.6) is 0 Å². The van der Waals surface area contributed by atoms with Crippen molar-refractivity contribution in [3.63, 3.8) is 0 Å². The van der Waals surface area contributed by atoms with Crippen LogP contribution in [0.15, 0.2) is 35.5 Å². The Morgan fingerprint density at radius 3 is 3.00 bits per heavy atom. The molecule has 0 spiro atoms. The zero-order valence-corrected chi connectivity index (χ0v) is 10.4. The van der Waals surface area contributed by atoms with Crippen molar-refractivity contribution in [1.82, 2.24) is 9.78 Å². The average molecular weight is 251 g/mol. The number of aromatic nitrogens is 2. The Labute approximate surface area is 104 Å². The van der Waals surface area contributed by atoms with Gasteiger partial charge in [-0.2, -0.15) is 5.10 Å². The number of thioether (sulfide) groups is 1. The minimum atomic E-state index is -0.247. The second-order valence-electron chi connectivity index (χ2n) is 3.80. The Kier molecular flexibility index (Phi) is 3.68. The van der Waals surface area contributed by atoms with E-state index in [0.29, 0.717) is 5.69 Å². The molecule has 1 heterocycles. The minimum Gasteiger partial charge on any atom is -0.398 e. The van der Waals surface area contributed by atoms with Crippen LogP contribution in [0.2, 0.25) is 0 Å². The van der Waals surface area contributed by atoms with Crippen LogP contribution >= 0.6 is 11.8 Å². The van der Waals surface area contributed by atoms with Gasteiger partial charge in [0.2, 0.25) is 0 Å². The van der Waals surface area contributed by atoms with Crippen LogP contribution in [-0.2, 0) is 13.5 Å².